The van der Waals surface area contributed by atoms with Gasteiger partial charge in [0.05, 0.1) is 17.4 Å². The van der Waals surface area contributed by atoms with E-state index in [0.717, 1.165) is 5.56 Å². The van der Waals surface area contributed by atoms with Crippen molar-refractivity contribution in [3.8, 4) is 0 Å². The van der Waals surface area contributed by atoms with Crippen molar-refractivity contribution in [3.63, 3.8) is 0 Å². The molecule has 1 aromatic heterocycles. The average molecular weight is 363 g/mol. The van der Waals surface area contributed by atoms with Crippen molar-refractivity contribution in [2.75, 3.05) is 19.6 Å². The lowest BCUT2D eigenvalue weighted by atomic mass is 10.0. The number of benzene rings is 1. The number of pyridine rings is 1. The number of rotatable bonds is 4. The highest BCUT2D eigenvalue weighted by molar-refractivity contribution is 5.85. The summed E-state index contributed by atoms with van der Waals surface area (Å²) in [6.45, 7) is 1.92. The van der Waals surface area contributed by atoms with Gasteiger partial charge in [-0.1, -0.05) is 24.3 Å². The van der Waals surface area contributed by atoms with Gasteiger partial charge in [0.25, 0.3) is 5.69 Å². The van der Waals surface area contributed by atoms with E-state index in [1.165, 1.54) is 6.07 Å². The van der Waals surface area contributed by atoms with Gasteiger partial charge < -0.3 is 10.2 Å². The minimum absolute atomic E-state index is 0. The smallest absolute Gasteiger partial charge is 0.273 e. The Bertz CT molecular complexity index is 742. The molecule has 2 heterocycles. The number of hydrogen-bond donors (Lipinski definition) is 1. The molecular formula is C17H19ClN4O3. The molecule has 132 valence electrons. The normalized spacial score (nSPS) is 16.8. The van der Waals surface area contributed by atoms with Gasteiger partial charge in [0.2, 0.25) is 5.91 Å². The second-order valence-corrected chi connectivity index (χ2v) is 5.66. The van der Waals surface area contributed by atoms with Crippen LogP contribution in [0, 0.1) is 10.1 Å². The second kappa shape index (κ2) is 8.55. The fourth-order valence-corrected chi connectivity index (χ4v) is 2.98. The summed E-state index contributed by atoms with van der Waals surface area (Å²) < 4.78 is 0. The van der Waals surface area contributed by atoms with Crippen LogP contribution < -0.4 is 5.32 Å². The number of carbonyl (C=O) groups is 1. The van der Waals surface area contributed by atoms with Crippen LogP contribution in [0.25, 0.3) is 0 Å². The molecule has 0 bridgehead atoms. The number of nitrogens with one attached hydrogen (secondary N) is 1. The van der Waals surface area contributed by atoms with Crippen molar-refractivity contribution in [2.45, 2.75) is 12.5 Å². The Morgan fingerprint density at radius 2 is 2.12 bits per heavy atom. The molecule has 1 fully saturated rings. The van der Waals surface area contributed by atoms with Crippen molar-refractivity contribution < 1.29 is 9.72 Å². The summed E-state index contributed by atoms with van der Waals surface area (Å²) in [5.74, 6) is -0.111. The zero-order chi connectivity index (χ0) is 16.9. The number of para-hydroxylation sites is 1. The number of halogens is 1. The highest BCUT2D eigenvalue weighted by Crippen LogP contribution is 2.24. The first kappa shape index (κ1) is 18.8. The number of nitro benzene ring substituents is 1. The highest BCUT2D eigenvalue weighted by atomic mass is 35.5. The molecule has 1 unspecified atom stereocenters. The van der Waals surface area contributed by atoms with Crippen molar-refractivity contribution in [1.29, 1.82) is 0 Å². The fourth-order valence-electron chi connectivity index (χ4n) is 2.98. The molecule has 1 N–H and O–H groups in total. The van der Waals surface area contributed by atoms with Gasteiger partial charge in [-0.05, 0) is 11.6 Å². The third-order valence-corrected chi connectivity index (χ3v) is 4.16. The van der Waals surface area contributed by atoms with Gasteiger partial charge in [-0.3, -0.25) is 19.9 Å². The molecule has 7 nitrogen and oxygen atoms in total. The largest absolute Gasteiger partial charge is 0.333 e. The maximum atomic E-state index is 12.8. The number of nitrogens with zero attached hydrogens (tertiary/aromatic N) is 3. The summed E-state index contributed by atoms with van der Waals surface area (Å²) in [4.78, 5) is 29.4. The Labute approximate surface area is 151 Å². The lowest BCUT2D eigenvalue weighted by Crippen LogP contribution is -2.49. The first-order chi connectivity index (χ1) is 11.7. The Morgan fingerprint density at radius 3 is 2.84 bits per heavy atom. The van der Waals surface area contributed by atoms with E-state index in [0.29, 0.717) is 25.2 Å². The van der Waals surface area contributed by atoms with Crippen LogP contribution >= 0.6 is 12.4 Å². The van der Waals surface area contributed by atoms with Crippen LogP contribution in [-0.2, 0) is 11.2 Å². The number of piperazine rings is 1. The molecule has 1 aromatic carbocycles. The molecule has 0 saturated carbocycles. The molecule has 1 aliphatic heterocycles. The maximum absolute atomic E-state index is 12.8. The van der Waals surface area contributed by atoms with E-state index in [1.54, 1.807) is 35.5 Å². The summed E-state index contributed by atoms with van der Waals surface area (Å²) in [6, 6.07) is 10.1. The molecule has 1 saturated heterocycles. The van der Waals surface area contributed by atoms with Gasteiger partial charge >= 0.3 is 0 Å². The molecule has 1 atom stereocenters. The third-order valence-electron chi connectivity index (χ3n) is 4.16. The lowest BCUT2D eigenvalue weighted by molar-refractivity contribution is -0.385. The molecule has 0 radical (unpaired) electrons. The monoisotopic (exact) mass is 362 g/mol. The molecule has 8 heteroatoms. The summed E-state index contributed by atoms with van der Waals surface area (Å²) in [5, 5.41) is 14.4. The van der Waals surface area contributed by atoms with Gasteiger partial charge in [0.15, 0.2) is 0 Å². The SMILES string of the molecule is Cl.O=C(Cc1ccccc1[N+](=O)[O-])N1CCNCC1c1cccnc1. The van der Waals surface area contributed by atoms with Gasteiger partial charge in [-0.25, -0.2) is 0 Å². The van der Waals surface area contributed by atoms with Crippen LogP contribution in [0.3, 0.4) is 0 Å². The van der Waals surface area contributed by atoms with Crippen LogP contribution in [0.5, 0.6) is 0 Å². The van der Waals surface area contributed by atoms with E-state index in [-0.39, 0.29) is 36.5 Å². The first-order valence-corrected chi connectivity index (χ1v) is 7.79. The fraction of sp³-hybridized carbons (Fsp3) is 0.294. The number of nitro groups is 1. The number of amides is 1. The van der Waals surface area contributed by atoms with Crippen molar-refractivity contribution in [2.24, 2.45) is 0 Å². The maximum Gasteiger partial charge on any atom is 0.273 e. The number of aromatic nitrogens is 1. The Kier molecular flexibility index (Phi) is 6.44. The standard InChI is InChI=1S/C17H18N4O3.ClH/c22-17(10-13-4-1-2-6-15(13)21(23)24)20-9-8-19-12-16(20)14-5-3-7-18-11-14;/h1-7,11,16,19H,8-10,12H2;1H. The van der Waals surface area contributed by atoms with Gasteiger partial charge in [0.1, 0.15) is 0 Å². The van der Waals surface area contributed by atoms with Crippen LogP contribution in [0.2, 0.25) is 0 Å². The zero-order valence-electron chi connectivity index (χ0n) is 13.5. The summed E-state index contributed by atoms with van der Waals surface area (Å²) >= 11 is 0. The quantitative estimate of drug-likeness (QED) is 0.664. The van der Waals surface area contributed by atoms with E-state index in [4.69, 9.17) is 0 Å². The van der Waals surface area contributed by atoms with Gasteiger partial charge in [-0.15, -0.1) is 12.4 Å². The average Bonchev–Trinajstić information content (AvgIpc) is 2.62. The van der Waals surface area contributed by atoms with E-state index >= 15 is 0 Å². The topological polar surface area (TPSA) is 88.4 Å². The zero-order valence-corrected chi connectivity index (χ0v) is 14.3. The van der Waals surface area contributed by atoms with E-state index in [1.807, 2.05) is 12.1 Å². The van der Waals surface area contributed by atoms with Crippen molar-refractivity contribution in [3.05, 3.63) is 70.0 Å². The van der Waals surface area contributed by atoms with Crippen LogP contribution in [0.15, 0.2) is 48.8 Å². The van der Waals surface area contributed by atoms with Gasteiger partial charge in [0, 0.05) is 43.7 Å². The predicted molar refractivity (Wildman–Crippen MR) is 95.6 cm³/mol. The molecule has 2 aromatic rings. The molecular weight excluding hydrogens is 344 g/mol. The Balaban J connectivity index is 0.00000225. The third kappa shape index (κ3) is 4.32. The van der Waals surface area contributed by atoms with Crippen LogP contribution in [0.4, 0.5) is 5.69 Å². The first-order valence-electron chi connectivity index (χ1n) is 7.79. The Hall–Kier alpha value is -2.51. The highest BCUT2D eigenvalue weighted by Gasteiger charge is 2.29. The second-order valence-electron chi connectivity index (χ2n) is 5.66. The van der Waals surface area contributed by atoms with Crippen molar-refractivity contribution >= 4 is 24.0 Å². The van der Waals surface area contributed by atoms with Crippen LogP contribution in [-0.4, -0.2) is 40.3 Å². The molecule has 0 spiro atoms. The minimum atomic E-state index is -0.445. The van der Waals surface area contributed by atoms with Crippen LogP contribution in [0.1, 0.15) is 17.2 Å². The molecule has 25 heavy (non-hydrogen) atoms. The summed E-state index contributed by atoms with van der Waals surface area (Å²) in [6.07, 6.45) is 3.47. The molecule has 1 amide bonds. The van der Waals surface area contributed by atoms with Gasteiger partial charge in [-0.2, -0.15) is 0 Å². The number of carbonyl (C=O) groups excluding carboxylic acids is 1. The van der Waals surface area contributed by atoms with E-state index in [9.17, 15) is 14.9 Å². The summed E-state index contributed by atoms with van der Waals surface area (Å²) in [7, 11) is 0. The molecule has 0 aliphatic carbocycles. The minimum Gasteiger partial charge on any atom is -0.333 e. The Morgan fingerprint density at radius 1 is 1.32 bits per heavy atom. The summed E-state index contributed by atoms with van der Waals surface area (Å²) in [5.41, 5.74) is 1.38. The molecule has 3 rings (SSSR count). The van der Waals surface area contributed by atoms with E-state index in [2.05, 4.69) is 10.3 Å². The predicted octanol–water partition coefficient (Wildman–Crippen LogP) is 2.13. The van der Waals surface area contributed by atoms with Crippen molar-refractivity contribution in [1.82, 2.24) is 15.2 Å². The lowest BCUT2D eigenvalue weighted by Gasteiger charge is -2.36. The number of hydrogen-bond acceptors (Lipinski definition) is 5. The van der Waals surface area contributed by atoms with E-state index < -0.39 is 4.92 Å². The molecule has 1 aliphatic rings.